The van der Waals surface area contributed by atoms with Crippen LogP contribution >= 0.6 is 0 Å². The average Bonchev–Trinajstić information content (AvgIpc) is 2.34. The van der Waals surface area contributed by atoms with Gasteiger partial charge in [0, 0.05) is 0 Å². The highest BCUT2D eigenvalue weighted by molar-refractivity contribution is 5.83. The van der Waals surface area contributed by atoms with Gasteiger partial charge in [0.25, 0.3) is 0 Å². The second-order valence-corrected chi connectivity index (χ2v) is 3.18. The minimum atomic E-state index is -1.20. The maximum Gasteiger partial charge on any atom is 0.349 e. The summed E-state index contributed by atoms with van der Waals surface area (Å²) in [6.07, 6.45) is 0. The number of nitrogens with zero attached hydrogens (tertiary/aromatic N) is 3. The van der Waals surface area contributed by atoms with Gasteiger partial charge in [-0.2, -0.15) is 10.5 Å². The van der Waals surface area contributed by atoms with Gasteiger partial charge in [0.05, 0.1) is 16.6 Å². The molecule has 17 heavy (non-hydrogen) atoms. The van der Waals surface area contributed by atoms with Crippen LogP contribution in [0.3, 0.4) is 0 Å². The number of fused-ring (bicyclic) bond motifs is 1. The van der Waals surface area contributed by atoms with E-state index in [0.29, 0.717) is 0 Å². The lowest BCUT2D eigenvalue weighted by atomic mass is 10.1. The zero-order valence-corrected chi connectivity index (χ0v) is 8.26. The Labute approximate surface area is 93.3 Å². The third-order valence-corrected chi connectivity index (χ3v) is 2.26. The minimum Gasteiger partial charge on any atom is -0.425 e. The zero-order chi connectivity index (χ0) is 12.6. The lowest BCUT2D eigenvalue weighted by Gasteiger charge is -2.04. The van der Waals surface area contributed by atoms with Gasteiger partial charge in [-0.05, 0) is 12.1 Å². The van der Waals surface area contributed by atoms with Crippen molar-refractivity contribution in [2.45, 2.75) is 0 Å². The molecule has 0 aliphatic heterocycles. The number of aromatic nitrogens is 2. The Morgan fingerprint density at radius 2 is 1.94 bits per heavy atom. The molecule has 1 aromatic heterocycles. The number of H-pyrrole nitrogens is 1. The van der Waals surface area contributed by atoms with Crippen molar-refractivity contribution in [3.8, 4) is 12.1 Å². The molecule has 0 amide bonds. The maximum atomic E-state index is 11.2. The molecule has 0 saturated heterocycles. The molecule has 0 atom stereocenters. The molecule has 1 heterocycles. The number of benzene rings is 1. The lowest BCUT2D eigenvalue weighted by Crippen LogP contribution is -2.35. The third-order valence-electron chi connectivity index (χ3n) is 2.26. The Bertz CT molecular complexity index is 817. The lowest BCUT2D eigenvalue weighted by molar-refractivity contribution is 0.186. The monoisotopic (exact) mass is 228 g/mol. The number of nitrogens with one attached hydrogen (secondary N) is 1. The average molecular weight is 228 g/mol. The summed E-state index contributed by atoms with van der Waals surface area (Å²) in [6.45, 7) is 0. The first kappa shape index (κ1) is 10.5. The molecule has 0 fully saturated rings. The number of aromatic amines is 1. The van der Waals surface area contributed by atoms with Crippen LogP contribution < -0.4 is 11.1 Å². The normalized spacial score (nSPS) is 9.76. The number of nitriles is 2. The van der Waals surface area contributed by atoms with Crippen molar-refractivity contribution in [2.75, 3.05) is 0 Å². The highest BCUT2D eigenvalue weighted by Gasteiger charge is 2.14. The SMILES string of the molecule is N#Cc1ccc2[nH]c(=O)c(=O)n(O)c2c1C#N. The number of hydrogen-bond acceptors (Lipinski definition) is 5. The van der Waals surface area contributed by atoms with Crippen molar-refractivity contribution < 1.29 is 5.21 Å². The van der Waals surface area contributed by atoms with E-state index in [1.807, 2.05) is 0 Å². The Balaban J connectivity index is 3.18. The first-order chi connectivity index (χ1) is 8.10. The maximum absolute atomic E-state index is 11.2. The standard InChI is InChI=1S/C10H4N4O3/c11-3-5-1-2-7-8(6(5)4-12)14(17)10(16)9(15)13-7/h1-2,17H,(H,13,15). The van der Waals surface area contributed by atoms with Crippen LogP contribution in [0.4, 0.5) is 0 Å². The van der Waals surface area contributed by atoms with Crippen LogP contribution in [0.2, 0.25) is 0 Å². The van der Waals surface area contributed by atoms with Crippen molar-refractivity contribution in [1.82, 2.24) is 9.71 Å². The van der Waals surface area contributed by atoms with Crippen molar-refractivity contribution in [1.29, 1.82) is 10.5 Å². The Kier molecular flexibility index (Phi) is 2.16. The van der Waals surface area contributed by atoms with Gasteiger partial charge in [-0.15, -0.1) is 4.73 Å². The topological polar surface area (TPSA) is 123 Å². The second-order valence-electron chi connectivity index (χ2n) is 3.18. The minimum absolute atomic E-state index is 0.00856. The van der Waals surface area contributed by atoms with E-state index >= 15 is 0 Å². The summed E-state index contributed by atoms with van der Waals surface area (Å²) < 4.78 is 0.0769. The highest BCUT2D eigenvalue weighted by atomic mass is 16.5. The fourth-order valence-corrected chi connectivity index (χ4v) is 1.49. The van der Waals surface area contributed by atoms with Crippen molar-refractivity contribution in [2.24, 2.45) is 0 Å². The van der Waals surface area contributed by atoms with Crippen LogP contribution in [0, 0.1) is 22.7 Å². The third kappa shape index (κ3) is 1.34. The molecule has 82 valence electrons. The van der Waals surface area contributed by atoms with E-state index < -0.39 is 11.1 Å². The van der Waals surface area contributed by atoms with Crippen molar-refractivity contribution in [3.63, 3.8) is 0 Å². The zero-order valence-electron chi connectivity index (χ0n) is 8.26. The molecule has 7 heteroatoms. The van der Waals surface area contributed by atoms with Gasteiger partial charge in [-0.1, -0.05) is 0 Å². The highest BCUT2D eigenvalue weighted by Crippen LogP contribution is 2.17. The van der Waals surface area contributed by atoms with Crippen LogP contribution in [0.15, 0.2) is 21.7 Å². The largest absolute Gasteiger partial charge is 0.425 e. The Morgan fingerprint density at radius 3 is 2.53 bits per heavy atom. The van der Waals surface area contributed by atoms with E-state index in [9.17, 15) is 14.8 Å². The summed E-state index contributed by atoms with van der Waals surface area (Å²) >= 11 is 0. The second kappa shape index (κ2) is 3.51. The molecule has 2 N–H and O–H groups in total. The quantitative estimate of drug-likeness (QED) is 0.472. The van der Waals surface area contributed by atoms with Gasteiger partial charge in [-0.3, -0.25) is 9.59 Å². The molecule has 7 nitrogen and oxygen atoms in total. The Morgan fingerprint density at radius 1 is 1.24 bits per heavy atom. The summed E-state index contributed by atoms with van der Waals surface area (Å²) in [4.78, 5) is 24.6. The molecule has 0 saturated carbocycles. The van der Waals surface area contributed by atoms with E-state index in [2.05, 4.69) is 4.98 Å². The van der Waals surface area contributed by atoms with Crippen LogP contribution in [0.5, 0.6) is 0 Å². The van der Waals surface area contributed by atoms with Crippen molar-refractivity contribution >= 4 is 11.0 Å². The molecular weight excluding hydrogens is 224 g/mol. The summed E-state index contributed by atoms with van der Waals surface area (Å²) in [6, 6.07) is 6.13. The number of rotatable bonds is 0. The first-order valence-corrected chi connectivity index (χ1v) is 4.41. The molecule has 0 aliphatic carbocycles. The molecular formula is C10H4N4O3. The molecule has 0 spiro atoms. The van der Waals surface area contributed by atoms with Gasteiger partial charge < -0.3 is 10.2 Å². The van der Waals surface area contributed by atoms with Crippen LogP contribution in [-0.2, 0) is 0 Å². The predicted octanol–water partition coefficient (Wildman–Crippen LogP) is -0.330. The molecule has 0 bridgehead atoms. The van der Waals surface area contributed by atoms with Gasteiger partial charge >= 0.3 is 11.1 Å². The van der Waals surface area contributed by atoms with Gasteiger partial charge in [0.2, 0.25) is 0 Å². The van der Waals surface area contributed by atoms with Crippen molar-refractivity contribution in [3.05, 3.63) is 44.0 Å². The summed E-state index contributed by atoms with van der Waals surface area (Å²) in [5.41, 5.74) is -2.45. The van der Waals surface area contributed by atoms with Gasteiger partial charge in [0.1, 0.15) is 17.7 Å². The first-order valence-electron chi connectivity index (χ1n) is 4.41. The molecule has 0 radical (unpaired) electrons. The molecule has 0 aliphatic rings. The summed E-state index contributed by atoms with van der Waals surface area (Å²) in [7, 11) is 0. The van der Waals surface area contributed by atoms with E-state index in [0.717, 1.165) is 0 Å². The summed E-state index contributed by atoms with van der Waals surface area (Å²) in [5.74, 6) is 0. The van der Waals surface area contributed by atoms with E-state index in [-0.39, 0.29) is 26.9 Å². The molecule has 1 aromatic carbocycles. The fourth-order valence-electron chi connectivity index (χ4n) is 1.49. The molecule has 0 unspecified atom stereocenters. The smallest absolute Gasteiger partial charge is 0.349 e. The summed E-state index contributed by atoms with van der Waals surface area (Å²) in [5, 5.41) is 27.2. The van der Waals surface area contributed by atoms with E-state index in [4.69, 9.17) is 10.5 Å². The van der Waals surface area contributed by atoms with E-state index in [1.165, 1.54) is 12.1 Å². The van der Waals surface area contributed by atoms with Crippen LogP contribution in [-0.4, -0.2) is 14.9 Å². The Hall–Kier alpha value is -3.06. The van der Waals surface area contributed by atoms with Crippen LogP contribution in [0.25, 0.3) is 11.0 Å². The molecule has 2 rings (SSSR count). The van der Waals surface area contributed by atoms with E-state index in [1.54, 1.807) is 12.1 Å². The van der Waals surface area contributed by atoms with Gasteiger partial charge in [-0.25, -0.2) is 0 Å². The predicted molar refractivity (Wildman–Crippen MR) is 55.4 cm³/mol. The number of hydrogen-bond donors (Lipinski definition) is 2. The van der Waals surface area contributed by atoms with Crippen LogP contribution in [0.1, 0.15) is 11.1 Å². The fraction of sp³-hybridized carbons (Fsp3) is 0. The van der Waals surface area contributed by atoms with Gasteiger partial charge in [0.15, 0.2) is 0 Å². The molecule has 2 aromatic rings.